The molecule has 0 spiro atoms. The molecule has 1 aromatic heterocycles. The molecule has 0 aromatic carbocycles. The number of amides is 1. The van der Waals surface area contributed by atoms with E-state index in [1.54, 1.807) is 11.8 Å². The van der Waals surface area contributed by atoms with Gasteiger partial charge in [-0.3, -0.25) is 9.89 Å². The summed E-state index contributed by atoms with van der Waals surface area (Å²) in [6, 6.07) is 0. The second-order valence-corrected chi connectivity index (χ2v) is 5.81. The van der Waals surface area contributed by atoms with Crippen LogP contribution < -0.4 is 4.72 Å². The fraction of sp³-hybridized carbons (Fsp3) is 0.636. The molecule has 0 radical (unpaired) electrons. The van der Waals surface area contributed by atoms with Gasteiger partial charge >= 0.3 is 0 Å². The van der Waals surface area contributed by atoms with Crippen molar-refractivity contribution < 1.29 is 13.2 Å². The number of nitrogens with zero attached hydrogens (tertiary/aromatic N) is 2. The number of carbonyl (C=O) groups is 1. The Bertz CT molecular complexity index is 520. The zero-order valence-corrected chi connectivity index (χ0v) is 12.2. The van der Waals surface area contributed by atoms with Gasteiger partial charge in [-0.15, -0.1) is 0 Å². The Kier molecular flexibility index (Phi) is 5.49. The molecule has 0 aliphatic heterocycles. The van der Waals surface area contributed by atoms with Gasteiger partial charge in [0.25, 0.3) is 0 Å². The molecule has 7 nitrogen and oxygen atoms in total. The van der Waals surface area contributed by atoms with Crippen molar-refractivity contribution in [3.63, 3.8) is 0 Å². The van der Waals surface area contributed by atoms with Crippen molar-refractivity contribution in [2.24, 2.45) is 0 Å². The van der Waals surface area contributed by atoms with Gasteiger partial charge in [-0.05, 0) is 20.8 Å². The predicted molar refractivity (Wildman–Crippen MR) is 71.1 cm³/mol. The monoisotopic (exact) mass is 288 g/mol. The van der Waals surface area contributed by atoms with Gasteiger partial charge in [0, 0.05) is 26.1 Å². The summed E-state index contributed by atoms with van der Waals surface area (Å²) < 4.78 is 26.2. The van der Waals surface area contributed by atoms with E-state index in [-0.39, 0.29) is 23.8 Å². The second-order valence-electron chi connectivity index (χ2n) is 4.07. The lowest BCUT2D eigenvalue weighted by molar-refractivity contribution is -0.130. The van der Waals surface area contributed by atoms with Gasteiger partial charge in [0.05, 0.1) is 11.9 Å². The zero-order chi connectivity index (χ0) is 14.5. The van der Waals surface area contributed by atoms with E-state index in [4.69, 9.17) is 0 Å². The molecule has 2 N–H and O–H groups in total. The Morgan fingerprint density at radius 1 is 1.42 bits per heavy atom. The lowest BCUT2D eigenvalue weighted by Crippen LogP contribution is -2.34. The average molecular weight is 288 g/mol. The molecule has 0 aliphatic carbocycles. The van der Waals surface area contributed by atoms with Crippen LogP contribution in [-0.2, 0) is 14.8 Å². The minimum absolute atomic E-state index is 0.0587. The number of rotatable bonds is 7. The molecule has 1 aromatic rings. The summed E-state index contributed by atoms with van der Waals surface area (Å²) in [6.07, 6.45) is 1.40. The third-order valence-electron chi connectivity index (χ3n) is 2.82. The van der Waals surface area contributed by atoms with Gasteiger partial charge in [-0.2, -0.15) is 5.10 Å². The number of aryl methyl sites for hydroxylation is 1. The summed E-state index contributed by atoms with van der Waals surface area (Å²) in [5.41, 5.74) is 0.475. The molecule has 0 atom stereocenters. The van der Waals surface area contributed by atoms with Crippen LogP contribution in [0.25, 0.3) is 0 Å². The van der Waals surface area contributed by atoms with Crippen LogP contribution >= 0.6 is 0 Å². The lowest BCUT2D eigenvalue weighted by Gasteiger charge is -2.18. The van der Waals surface area contributed by atoms with Gasteiger partial charge in [-0.25, -0.2) is 13.1 Å². The van der Waals surface area contributed by atoms with Crippen LogP contribution in [0, 0.1) is 6.92 Å². The molecule has 0 saturated heterocycles. The SMILES string of the molecule is CCN(CC)C(=O)CCNS(=O)(=O)c1cn[nH]c1C. The molecule has 0 saturated carbocycles. The minimum Gasteiger partial charge on any atom is -0.343 e. The van der Waals surface area contributed by atoms with Crippen LogP contribution in [0.3, 0.4) is 0 Å². The van der Waals surface area contributed by atoms with E-state index < -0.39 is 10.0 Å². The molecule has 108 valence electrons. The summed E-state index contributed by atoms with van der Waals surface area (Å²) in [6.45, 7) is 6.75. The van der Waals surface area contributed by atoms with Crippen LogP contribution in [0.4, 0.5) is 0 Å². The molecule has 0 unspecified atom stereocenters. The third kappa shape index (κ3) is 4.03. The first kappa shape index (κ1) is 15.6. The number of aromatic nitrogens is 2. The van der Waals surface area contributed by atoms with E-state index in [9.17, 15) is 13.2 Å². The van der Waals surface area contributed by atoms with Crippen LogP contribution in [-0.4, -0.2) is 49.1 Å². The first-order chi connectivity index (χ1) is 8.92. The van der Waals surface area contributed by atoms with Crippen LogP contribution in [0.5, 0.6) is 0 Å². The van der Waals surface area contributed by atoms with Crippen molar-refractivity contribution in [1.29, 1.82) is 0 Å². The summed E-state index contributed by atoms with van der Waals surface area (Å²) in [5, 5.41) is 6.23. The van der Waals surface area contributed by atoms with E-state index >= 15 is 0 Å². The highest BCUT2D eigenvalue weighted by Crippen LogP contribution is 2.10. The number of carbonyl (C=O) groups excluding carboxylic acids is 1. The largest absolute Gasteiger partial charge is 0.343 e. The van der Waals surface area contributed by atoms with Gasteiger partial charge < -0.3 is 4.90 Å². The van der Waals surface area contributed by atoms with E-state index in [1.807, 2.05) is 13.8 Å². The topological polar surface area (TPSA) is 95.2 Å². The molecular formula is C11H20N4O3S. The molecule has 1 rings (SSSR count). The Hall–Kier alpha value is -1.41. The normalized spacial score (nSPS) is 11.5. The maximum atomic E-state index is 11.9. The van der Waals surface area contributed by atoms with E-state index in [1.165, 1.54) is 6.20 Å². The van der Waals surface area contributed by atoms with Crippen molar-refractivity contribution in [3.05, 3.63) is 11.9 Å². The molecule has 0 fully saturated rings. The van der Waals surface area contributed by atoms with Crippen LogP contribution in [0.2, 0.25) is 0 Å². The van der Waals surface area contributed by atoms with E-state index in [2.05, 4.69) is 14.9 Å². The van der Waals surface area contributed by atoms with Crippen molar-refractivity contribution in [2.75, 3.05) is 19.6 Å². The van der Waals surface area contributed by atoms with Crippen molar-refractivity contribution >= 4 is 15.9 Å². The lowest BCUT2D eigenvalue weighted by atomic mass is 10.3. The Labute approximate surface area is 113 Å². The first-order valence-corrected chi connectivity index (χ1v) is 7.68. The standard InChI is InChI=1S/C11H20N4O3S/c1-4-15(5-2)11(16)6-7-13-19(17,18)10-8-12-14-9(10)3/h8,13H,4-7H2,1-3H3,(H,12,14). The zero-order valence-electron chi connectivity index (χ0n) is 11.4. The van der Waals surface area contributed by atoms with Crippen molar-refractivity contribution in [2.45, 2.75) is 32.1 Å². The fourth-order valence-electron chi connectivity index (χ4n) is 1.72. The number of nitrogens with one attached hydrogen (secondary N) is 2. The smallest absolute Gasteiger partial charge is 0.243 e. The number of H-pyrrole nitrogens is 1. The van der Waals surface area contributed by atoms with Crippen LogP contribution in [0.1, 0.15) is 26.0 Å². The van der Waals surface area contributed by atoms with Crippen molar-refractivity contribution in [1.82, 2.24) is 19.8 Å². The van der Waals surface area contributed by atoms with E-state index in [0.29, 0.717) is 18.8 Å². The van der Waals surface area contributed by atoms with Crippen LogP contribution in [0.15, 0.2) is 11.1 Å². The van der Waals surface area contributed by atoms with Gasteiger partial charge in [0.2, 0.25) is 15.9 Å². The molecule has 0 bridgehead atoms. The quantitative estimate of drug-likeness (QED) is 0.752. The van der Waals surface area contributed by atoms with Gasteiger partial charge in [0.15, 0.2) is 0 Å². The number of sulfonamides is 1. The molecule has 1 heterocycles. The second kappa shape index (κ2) is 6.67. The highest BCUT2D eigenvalue weighted by molar-refractivity contribution is 7.89. The van der Waals surface area contributed by atoms with Gasteiger partial charge in [-0.1, -0.05) is 0 Å². The summed E-state index contributed by atoms with van der Waals surface area (Å²) in [4.78, 5) is 13.5. The van der Waals surface area contributed by atoms with Crippen molar-refractivity contribution in [3.8, 4) is 0 Å². The minimum atomic E-state index is -3.60. The predicted octanol–water partition coefficient (Wildman–Crippen LogP) is 0.255. The molecule has 19 heavy (non-hydrogen) atoms. The first-order valence-electron chi connectivity index (χ1n) is 6.19. The molecule has 8 heteroatoms. The highest BCUT2D eigenvalue weighted by Gasteiger charge is 2.19. The molecular weight excluding hydrogens is 268 g/mol. The summed E-state index contributed by atoms with van der Waals surface area (Å²) >= 11 is 0. The van der Waals surface area contributed by atoms with E-state index in [0.717, 1.165) is 0 Å². The highest BCUT2D eigenvalue weighted by atomic mass is 32.2. The number of hydrogen-bond donors (Lipinski definition) is 2. The molecule has 1 amide bonds. The maximum Gasteiger partial charge on any atom is 0.243 e. The Morgan fingerprint density at radius 2 is 2.05 bits per heavy atom. The Morgan fingerprint density at radius 3 is 2.53 bits per heavy atom. The molecule has 0 aliphatic rings. The third-order valence-corrected chi connectivity index (χ3v) is 4.40. The Balaban J connectivity index is 2.54. The summed E-state index contributed by atoms with van der Waals surface area (Å²) in [7, 11) is -3.60. The summed E-state index contributed by atoms with van der Waals surface area (Å²) in [5.74, 6) is -0.0587. The average Bonchev–Trinajstić information content (AvgIpc) is 2.77. The van der Waals surface area contributed by atoms with Gasteiger partial charge in [0.1, 0.15) is 4.90 Å². The maximum absolute atomic E-state index is 11.9. The fourth-order valence-corrected chi connectivity index (χ4v) is 2.88. The number of aromatic amines is 1. The number of hydrogen-bond acceptors (Lipinski definition) is 4.